The molecule has 2 aliphatic heterocycles. The Kier molecular flexibility index (Phi) is 4.99. The summed E-state index contributed by atoms with van der Waals surface area (Å²) in [6, 6.07) is 0.268. The molecule has 1 aliphatic carbocycles. The molecule has 8 nitrogen and oxygen atoms in total. The second-order valence-electron chi connectivity index (χ2n) is 8.21. The second kappa shape index (κ2) is 7.52. The summed E-state index contributed by atoms with van der Waals surface area (Å²) in [5.41, 5.74) is 0.800. The SMILES string of the molecule is O=[S@]1CCc2c1c(NC1(CO)CCC1)nn2C1CCN(c2ncc(Cl)cn2)CC1. The van der Waals surface area contributed by atoms with Crippen molar-refractivity contribution in [2.24, 2.45) is 0 Å². The lowest BCUT2D eigenvalue weighted by atomic mass is 9.77. The van der Waals surface area contributed by atoms with E-state index in [2.05, 4.69) is 24.9 Å². The number of aromatic nitrogens is 4. The molecular weight excluding hydrogens is 412 g/mol. The van der Waals surface area contributed by atoms with E-state index in [0.717, 1.165) is 62.2 Å². The molecule has 0 radical (unpaired) electrons. The Morgan fingerprint density at radius 3 is 2.62 bits per heavy atom. The van der Waals surface area contributed by atoms with Crippen LogP contribution in [0.4, 0.5) is 11.8 Å². The number of nitrogens with zero attached hydrogens (tertiary/aromatic N) is 5. The molecule has 5 rings (SSSR count). The molecule has 2 fully saturated rings. The van der Waals surface area contributed by atoms with E-state index >= 15 is 0 Å². The van der Waals surface area contributed by atoms with Crippen molar-refractivity contribution in [3.63, 3.8) is 0 Å². The van der Waals surface area contributed by atoms with E-state index in [1.54, 1.807) is 12.4 Å². The molecule has 3 aliphatic rings. The molecule has 1 saturated heterocycles. The Bertz CT molecular complexity index is 916. The zero-order valence-electron chi connectivity index (χ0n) is 16.2. The molecule has 0 unspecified atom stereocenters. The van der Waals surface area contributed by atoms with Gasteiger partial charge in [-0.25, -0.2) is 9.97 Å². The van der Waals surface area contributed by atoms with Gasteiger partial charge >= 0.3 is 0 Å². The summed E-state index contributed by atoms with van der Waals surface area (Å²) in [6.07, 6.45) is 8.86. The van der Waals surface area contributed by atoms with Crippen molar-refractivity contribution in [2.75, 3.05) is 35.7 Å². The van der Waals surface area contributed by atoms with Crippen LogP contribution in [0, 0.1) is 0 Å². The minimum Gasteiger partial charge on any atom is -0.394 e. The maximum Gasteiger partial charge on any atom is 0.225 e. The van der Waals surface area contributed by atoms with Gasteiger partial charge in [0, 0.05) is 25.3 Å². The van der Waals surface area contributed by atoms with Crippen LogP contribution in [0.15, 0.2) is 17.3 Å². The Labute approximate surface area is 177 Å². The van der Waals surface area contributed by atoms with Crippen LogP contribution in [0.5, 0.6) is 0 Å². The lowest BCUT2D eigenvalue weighted by Gasteiger charge is -2.41. The van der Waals surface area contributed by atoms with Crippen LogP contribution in [0.3, 0.4) is 0 Å². The normalized spacial score (nSPS) is 23.7. The highest BCUT2D eigenvalue weighted by molar-refractivity contribution is 7.85. The minimum absolute atomic E-state index is 0.0841. The standard InChI is InChI=1S/C19H25ClN6O2S/c20-13-10-21-18(22-11-13)25-7-2-14(3-8-25)26-15-4-9-29(28)16(15)17(24-26)23-19(12-27)5-1-6-19/h10-11,14,27H,1-9,12H2,(H,23,24)/t29-/m0/s1. The molecule has 10 heteroatoms. The van der Waals surface area contributed by atoms with Gasteiger partial charge in [-0.3, -0.25) is 8.89 Å². The lowest BCUT2D eigenvalue weighted by molar-refractivity contribution is 0.143. The number of hydrogen-bond donors (Lipinski definition) is 2. The van der Waals surface area contributed by atoms with Crippen molar-refractivity contribution >= 4 is 34.2 Å². The lowest BCUT2D eigenvalue weighted by Crippen LogP contribution is -2.48. The van der Waals surface area contributed by atoms with Crippen molar-refractivity contribution in [1.82, 2.24) is 19.7 Å². The van der Waals surface area contributed by atoms with Gasteiger partial charge in [0.25, 0.3) is 0 Å². The first-order valence-electron chi connectivity index (χ1n) is 10.2. The molecule has 0 spiro atoms. The van der Waals surface area contributed by atoms with Gasteiger partial charge < -0.3 is 15.3 Å². The molecule has 0 bridgehead atoms. The van der Waals surface area contributed by atoms with E-state index in [0.29, 0.717) is 22.5 Å². The highest BCUT2D eigenvalue weighted by Crippen LogP contribution is 2.40. The van der Waals surface area contributed by atoms with Crippen molar-refractivity contribution in [2.45, 2.75) is 55.0 Å². The zero-order valence-corrected chi connectivity index (χ0v) is 17.8. The summed E-state index contributed by atoms with van der Waals surface area (Å²) in [4.78, 5) is 11.7. The quantitative estimate of drug-likeness (QED) is 0.741. The summed E-state index contributed by atoms with van der Waals surface area (Å²) in [6.45, 7) is 1.77. The van der Waals surface area contributed by atoms with Crippen molar-refractivity contribution in [3.8, 4) is 0 Å². The number of anilines is 2. The fourth-order valence-electron chi connectivity index (χ4n) is 4.55. The highest BCUT2D eigenvalue weighted by Gasteiger charge is 2.40. The number of halogens is 1. The third-order valence-electron chi connectivity index (χ3n) is 6.41. The Morgan fingerprint density at radius 1 is 1.28 bits per heavy atom. The van der Waals surface area contributed by atoms with Crippen LogP contribution in [-0.4, -0.2) is 60.1 Å². The summed E-state index contributed by atoms with van der Waals surface area (Å²) >= 11 is 5.89. The summed E-state index contributed by atoms with van der Waals surface area (Å²) in [5.74, 6) is 2.08. The van der Waals surface area contributed by atoms with Gasteiger partial charge in [0.15, 0.2) is 5.82 Å². The molecule has 0 aromatic carbocycles. The van der Waals surface area contributed by atoms with Gasteiger partial charge in [0.2, 0.25) is 5.95 Å². The first-order valence-corrected chi connectivity index (χ1v) is 11.9. The Morgan fingerprint density at radius 2 is 2.00 bits per heavy atom. The van der Waals surface area contributed by atoms with Gasteiger partial charge in [0.1, 0.15) is 4.90 Å². The molecule has 2 N–H and O–H groups in total. The minimum atomic E-state index is -1.02. The second-order valence-corrected chi connectivity index (χ2v) is 10.1. The van der Waals surface area contributed by atoms with Crippen LogP contribution in [0.2, 0.25) is 5.02 Å². The van der Waals surface area contributed by atoms with E-state index in [1.807, 2.05) is 0 Å². The Balaban J connectivity index is 1.35. The fraction of sp³-hybridized carbons (Fsp3) is 0.632. The van der Waals surface area contributed by atoms with Crippen LogP contribution in [0.1, 0.15) is 43.8 Å². The third kappa shape index (κ3) is 3.43. The molecular formula is C19H25ClN6O2S. The van der Waals surface area contributed by atoms with Gasteiger partial charge in [-0.15, -0.1) is 0 Å². The predicted octanol–water partition coefficient (Wildman–Crippen LogP) is 2.16. The van der Waals surface area contributed by atoms with Gasteiger partial charge in [0.05, 0.1) is 52.1 Å². The maximum atomic E-state index is 12.6. The van der Waals surface area contributed by atoms with Crippen LogP contribution in [0.25, 0.3) is 0 Å². The number of fused-ring (bicyclic) bond motifs is 1. The van der Waals surface area contributed by atoms with Crippen molar-refractivity contribution in [1.29, 1.82) is 0 Å². The van der Waals surface area contributed by atoms with E-state index in [9.17, 15) is 9.32 Å². The van der Waals surface area contributed by atoms with Crippen LogP contribution < -0.4 is 10.2 Å². The zero-order chi connectivity index (χ0) is 20.0. The van der Waals surface area contributed by atoms with Crippen LogP contribution >= 0.6 is 11.6 Å². The van der Waals surface area contributed by atoms with Gasteiger partial charge in [-0.05, 0) is 32.1 Å². The van der Waals surface area contributed by atoms with Crippen molar-refractivity contribution < 1.29 is 9.32 Å². The number of rotatable bonds is 5. The van der Waals surface area contributed by atoms with E-state index in [1.165, 1.54) is 0 Å². The average molecular weight is 437 g/mol. The van der Waals surface area contributed by atoms with E-state index in [4.69, 9.17) is 16.7 Å². The average Bonchev–Trinajstić information content (AvgIpc) is 3.26. The topological polar surface area (TPSA) is 96.2 Å². The molecule has 2 aromatic heterocycles. The largest absolute Gasteiger partial charge is 0.394 e. The van der Waals surface area contributed by atoms with Crippen LogP contribution in [-0.2, 0) is 17.2 Å². The summed E-state index contributed by atoms with van der Waals surface area (Å²) in [5, 5.41) is 18.7. The van der Waals surface area contributed by atoms with E-state index in [-0.39, 0.29) is 18.2 Å². The smallest absolute Gasteiger partial charge is 0.225 e. The molecule has 2 aromatic rings. The fourth-order valence-corrected chi connectivity index (χ4v) is 6.00. The number of aliphatic hydroxyl groups is 1. The highest BCUT2D eigenvalue weighted by atomic mass is 35.5. The summed E-state index contributed by atoms with van der Waals surface area (Å²) < 4.78 is 14.8. The molecule has 4 heterocycles. The molecule has 156 valence electrons. The Hall–Kier alpha value is -1.71. The maximum absolute atomic E-state index is 12.6. The predicted molar refractivity (Wildman–Crippen MR) is 112 cm³/mol. The van der Waals surface area contributed by atoms with Gasteiger partial charge in [-0.2, -0.15) is 5.10 Å². The van der Waals surface area contributed by atoms with E-state index < -0.39 is 10.8 Å². The first-order chi connectivity index (χ1) is 14.1. The molecule has 0 amide bonds. The van der Waals surface area contributed by atoms with Crippen molar-refractivity contribution in [3.05, 3.63) is 23.1 Å². The molecule has 29 heavy (non-hydrogen) atoms. The summed E-state index contributed by atoms with van der Waals surface area (Å²) in [7, 11) is -1.02. The molecule has 1 atom stereocenters. The number of piperidine rings is 1. The van der Waals surface area contributed by atoms with Gasteiger partial charge in [-0.1, -0.05) is 11.6 Å². The number of hydrogen-bond acceptors (Lipinski definition) is 7. The molecule has 1 saturated carbocycles. The number of nitrogens with one attached hydrogen (secondary N) is 1. The first kappa shape index (κ1) is 19.3. The monoisotopic (exact) mass is 436 g/mol. The third-order valence-corrected chi connectivity index (χ3v) is 8.06. The number of aliphatic hydroxyl groups excluding tert-OH is 1.